The minimum absolute atomic E-state index is 0.158. The van der Waals surface area contributed by atoms with Crippen molar-refractivity contribution in [1.82, 2.24) is 0 Å². The molecule has 0 aliphatic carbocycles. The van der Waals surface area contributed by atoms with Crippen LogP contribution in [-0.2, 0) is 6.42 Å². The van der Waals surface area contributed by atoms with Gasteiger partial charge < -0.3 is 24.8 Å². The molecule has 1 heterocycles. The lowest BCUT2D eigenvalue weighted by atomic mass is 9.96. The molecule has 21 heavy (non-hydrogen) atoms. The molecule has 1 aliphatic heterocycles. The Morgan fingerprint density at radius 3 is 2.57 bits per heavy atom. The summed E-state index contributed by atoms with van der Waals surface area (Å²) in [5.74, 6) is 0.942. The van der Waals surface area contributed by atoms with E-state index in [1.807, 2.05) is 0 Å². The Balaban J connectivity index is 1.93. The molecule has 0 radical (unpaired) electrons. The van der Waals surface area contributed by atoms with E-state index in [0.29, 0.717) is 24.3 Å². The van der Waals surface area contributed by atoms with Gasteiger partial charge in [0.1, 0.15) is 23.4 Å². The van der Waals surface area contributed by atoms with E-state index in [0.717, 1.165) is 11.1 Å². The number of methoxy groups -OCH3 is 1. The molecule has 0 saturated carbocycles. The fourth-order valence-corrected chi connectivity index (χ4v) is 2.54. The number of phenolic OH excluding ortho intramolecular Hbond substituents is 3. The van der Waals surface area contributed by atoms with Crippen LogP contribution in [-0.4, -0.2) is 22.4 Å². The molecule has 5 heteroatoms. The number of aromatic hydroxyl groups is 3. The number of phenols is 3. The van der Waals surface area contributed by atoms with Gasteiger partial charge in [0.05, 0.1) is 7.11 Å². The molecule has 1 unspecified atom stereocenters. The Kier molecular flexibility index (Phi) is 3.25. The Labute approximate surface area is 122 Å². The summed E-state index contributed by atoms with van der Waals surface area (Å²) in [5, 5.41) is 28.9. The van der Waals surface area contributed by atoms with Crippen LogP contribution in [0.3, 0.4) is 0 Å². The summed E-state index contributed by atoms with van der Waals surface area (Å²) in [6.07, 6.45) is 1.10. The quantitative estimate of drug-likeness (QED) is 0.740. The Bertz CT molecular complexity index is 681. The summed E-state index contributed by atoms with van der Waals surface area (Å²) in [6, 6.07) is 7.94. The van der Waals surface area contributed by atoms with Crippen LogP contribution >= 0.6 is 0 Å². The molecule has 5 nitrogen and oxygen atoms in total. The zero-order valence-electron chi connectivity index (χ0n) is 11.5. The van der Waals surface area contributed by atoms with E-state index in [4.69, 9.17) is 9.47 Å². The molecule has 3 N–H and O–H groups in total. The van der Waals surface area contributed by atoms with Crippen molar-refractivity contribution in [1.29, 1.82) is 0 Å². The lowest BCUT2D eigenvalue weighted by Gasteiger charge is -2.27. The fourth-order valence-electron chi connectivity index (χ4n) is 2.54. The van der Waals surface area contributed by atoms with Crippen molar-refractivity contribution in [2.24, 2.45) is 0 Å². The molecule has 1 atom stereocenters. The summed E-state index contributed by atoms with van der Waals surface area (Å²) < 4.78 is 11.0. The van der Waals surface area contributed by atoms with Gasteiger partial charge in [0.15, 0.2) is 11.5 Å². The average Bonchev–Trinajstić information content (AvgIpc) is 2.49. The van der Waals surface area contributed by atoms with Crippen molar-refractivity contribution in [2.75, 3.05) is 7.11 Å². The molecule has 0 fully saturated rings. The minimum atomic E-state index is -0.240. The molecule has 0 saturated heterocycles. The van der Waals surface area contributed by atoms with E-state index >= 15 is 0 Å². The summed E-state index contributed by atoms with van der Waals surface area (Å²) in [6.45, 7) is 0. The summed E-state index contributed by atoms with van der Waals surface area (Å²) in [7, 11) is 1.53. The van der Waals surface area contributed by atoms with Crippen LogP contribution in [0.25, 0.3) is 0 Å². The standard InChI is InChI=1S/C16H16O5/c1-20-10-7-13(18)11-3-5-15(21-16(11)8-10)9-2-4-12(17)14(19)6-9/h2,4,6-8,15,17-19H,3,5H2,1H3. The number of benzene rings is 2. The maximum atomic E-state index is 9.97. The zero-order valence-corrected chi connectivity index (χ0v) is 11.5. The second-order valence-electron chi connectivity index (χ2n) is 5.02. The number of hydrogen-bond donors (Lipinski definition) is 3. The third kappa shape index (κ3) is 2.42. The van der Waals surface area contributed by atoms with E-state index in [1.165, 1.54) is 19.2 Å². The Morgan fingerprint density at radius 2 is 1.86 bits per heavy atom. The van der Waals surface area contributed by atoms with E-state index in [-0.39, 0.29) is 23.4 Å². The molecule has 2 aromatic rings. The number of ether oxygens (including phenoxy) is 2. The highest BCUT2D eigenvalue weighted by atomic mass is 16.5. The lowest BCUT2D eigenvalue weighted by Crippen LogP contribution is -2.15. The van der Waals surface area contributed by atoms with E-state index < -0.39 is 0 Å². The van der Waals surface area contributed by atoms with Gasteiger partial charge in [-0.25, -0.2) is 0 Å². The minimum Gasteiger partial charge on any atom is -0.507 e. The molecule has 0 amide bonds. The maximum Gasteiger partial charge on any atom is 0.157 e. The smallest absolute Gasteiger partial charge is 0.157 e. The monoisotopic (exact) mass is 288 g/mol. The highest BCUT2D eigenvalue weighted by molar-refractivity contribution is 5.51. The Morgan fingerprint density at radius 1 is 1.05 bits per heavy atom. The van der Waals surface area contributed by atoms with Gasteiger partial charge in [0, 0.05) is 17.7 Å². The van der Waals surface area contributed by atoms with Gasteiger partial charge in [-0.1, -0.05) is 6.07 Å². The van der Waals surface area contributed by atoms with Crippen LogP contribution in [0.5, 0.6) is 28.7 Å². The molecule has 0 aromatic heterocycles. The number of fused-ring (bicyclic) bond motifs is 1. The van der Waals surface area contributed by atoms with Crippen molar-refractivity contribution in [3.8, 4) is 28.7 Å². The van der Waals surface area contributed by atoms with Gasteiger partial charge in [-0.05, 0) is 30.5 Å². The van der Waals surface area contributed by atoms with Gasteiger partial charge in [-0.2, -0.15) is 0 Å². The predicted molar refractivity (Wildman–Crippen MR) is 76.1 cm³/mol. The first-order valence-corrected chi connectivity index (χ1v) is 6.67. The fraction of sp³-hybridized carbons (Fsp3) is 0.250. The second kappa shape index (κ2) is 5.09. The maximum absolute atomic E-state index is 9.97. The third-order valence-electron chi connectivity index (χ3n) is 3.69. The normalized spacial score (nSPS) is 16.9. The zero-order chi connectivity index (χ0) is 15.0. The van der Waals surface area contributed by atoms with Crippen molar-refractivity contribution < 1.29 is 24.8 Å². The van der Waals surface area contributed by atoms with Crippen LogP contribution < -0.4 is 9.47 Å². The van der Waals surface area contributed by atoms with Gasteiger partial charge in [0.2, 0.25) is 0 Å². The van der Waals surface area contributed by atoms with Crippen LogP contribution in [0.1, 0.15) is 23.7 Å². The largest absolute Gasteiger partial charge is 0.507 e. The summed E-state index contributed by atoms with van der Waals surface area (Å²) >= 11 is 0. The highest BCUT2D eigenvalue weighted by Crippen LogP contribution is 2.42. The van der Waals surface area contributed by atoms with Crippen molar-refractivity contribution in [2.45, 2.75) is 18.9 Å². The second-order valence-corrected chi connectivity index (χ2v) is 5.02. The number of rotatable bonds is 2. The topological polar surface area (TPSA) is 79.2 Å². The van der Waals surface area contributed by atoms with Gasteiger partial charge in [-0.3, -0.25) is 0 Å². The van der Waals surface area contributed by atoms with E-state index in [1.54, 1.807) is 18.2 Å². The third-order valence-corrected chi connectivity index (χ3v) is 3.69. The SMILES string of the molecule is COc1cc(O)c2c(c1)OC(c1ccc(O)c(O)c1)CC2. The van der Waals surface area contributed by atoms with Crippen LogP contribution in [0.4, 0.5) is 0 Å². The predicted octanol–water partition coefficient (Wildman–Crippen LogP) is 2.88. The first kappa shape index (κ1) is 13.4. The van der Waals surface area contributed by atoms with Crippen molar-refractivity contribution >= 4 is 0 Å². The van der Waals surface area contributed by atoms with Gasteiger partial charge >= 0.3 is 0 Å². The van der Waals surface area contributed by atoms with Crippen LogP contribution in [0.2, 0.25) is 0 Å². The molecule has 2 aromatic carbocycles. The molecule has 0 bridgehead atoms. The molecule has 3 rings (SSSR count). The molecule has 110 valence electrons. The average molecular weight is 288 g/mol. The molecule has 0 spiro atoms. The first-order chi connectivity index (χ1) is 10.1. The summed E-state index contributed by atoms with van der Waals surface area (Å²) in [5.41, 5.74) is 1.54. The van der Waals surface area contributed by atoms with Crippen LogP contribution in [0, 0.1) is 0 Å². The Hall–Kier alpha value is -2.56. The van der Waals surface area contributed by atoms with Crippen molar-refractivity contribution in [3.63, 3.8) is 0 Å². The lowest BCUT2D eigenvalue weighted by molar-refractivity contribution is 0.173. The highest BCUT2D eigenvalue weighted by Gasteiger charge is 2.25. The molecular weight excluding hydrogens is 272 g/mol. The molecule has 1 aliphatic rings. The van der Waals surface area contributed by atoms with Crippen molar-refractivity contribution in [3.05, 3.63) is 41.5 Å². The van der Waals surface area contributed by atoms with E-state index in [9.17, 15) is 15.3 Å². The first-order valence-electron chi connectivity index (χ1n) is 6.67. The number of hydrogen-bond acceptors (Lipinski definition) is 5. The van der Waals surface area contributed by atoms with Gasteiger partial charge in [0.25, 0.3) is 0 Å². The van der Waals surface area contributed by atoms with Gasteiger partial charge in [-0.15, -0.1) is 0 Å². The molecular formula is C16H16O5. The van der Waals surface area contributed by atoms with Crippen LogP contribution in [0.15, 0.2) is 30.3 Å². The van der Waals surface area contributed by atoms with E-state index in [2.05, 4.69) is 0 Å². The summed E-state index contributed by atoms with van der Waals surface area (Å²) in [4.78, 5) is 0.